The number of carbonyl (C=O) groups excluding carboxylic acids is 1. The van der Waals surface area contributed by atoms with Gasteiger partial charge in [0, 0.05) is 22.9 Å². The Labute approximate surface area is 140 Å². The lowest BCUT2D eigenvalue weighted by molar-refractivity contribution is 0.112. The Morgan fingerprint density at radius 2 is 2.09 bits per heavy atom. The highest BCUT2D eigenvalue weighted by atomic mass is 32.1. The topological polar surface area (TPSA) is 34.9 Å². The lowest BCUT2D eigenvalue weighted by Crippen LogP contribution is -2.15. The van der Waals surface area contributed by atoms with Crippen LogP contribution in [0, 0.1) is 0 Å². The first kappa shape index (κ1) is 14.6. The number of fused-ring (bicyclic) bond motifs is 1. The molecule has 1 aliphatic carbocycles. The maximum Gasteiger partial charge on any atom is 0.150 e. The van der Waals surface area contributed by atoms with Crippen molar-refractivity contribution in [3.05, 3.63) is 52.0 Å². The van der Waals surface area contributed by atoms with E-state index < -0.39 is 0 Å². The van der Waals surface area contributed by atoms with Crippen LogP contribution in [0.3, 0.4) is 0 Å². The predicted molar refractivity (Wildman–Crippen MR) is 94.4 cm³/mol. The molecule has 2 heterocycles. The summed E-state index contributed by atoms with van der Waals surface area (Å²) in [6.07, 6.45) is 8.19. The molecule has 118 valence electrons. The fraction of sp³-hybridized carbons (Fsp3) is 0.368. The third kappa shape index (κ3) is 2.83. The van der Waals surface area contributed by atoms with E-state index in [2.05, 4.69) is 28.1 Å². The summed E-state index contributed by atoms with van der Waals surface area (Å²) in [6.45, 7) is 0. The van der Waals surface area contributed by atoms with Gasteiger partial charge in [0.2, 0.25) is 0 Å². The molecule has 0 N–H and O–H groups in total. The highest BCUT2D eigenvalue weighted by Crippen LogP contribution is 2.33. The Bertz CT molecular complexity index is 813. The van der Waals surface area contributed by atoms with E-state index >= 15 is 0 Å². The molecule has 1 saturated carbocycles. The number of thiophene rings is 1. The van der Waals surface area contributed by atoms with Gasteiger partial charge in [-0.2, -0.15) is 0 Å². The number of carbonyl (C=O) groups is 1. The van der Waals surface area contributed by atoms with Crippen LogP contribution in [0.1, 0.15) is 59.2 Å². The van der Waals surface area contributed by atoms with Crippen LogP contribution in [-0.2, 0) is 6.42 Å². The first-order chi connectivity index (χ1) is 11.3. The lowest BCUT2D eigenvalue weighted by Gasteiger charge is -2.25. The van der Waals surface area contributed by atoms with Gasteiger partial charge < -0.3 is 4.57 Å². The summed E-state index contributed by atoms with van der Waals surface area (Å²) in [5.74, 6) is 1.14. The average Bonchev–Trinajstić information content (AvgIpc) is 3.22. The summed E-state index contributed by atoms with van der Waals surface area (Å²) >= 11 is 1.78. The van der Waals surface area contributed by atoms with Crippen LogP contribution >= 0.6 is 11.3 Å². The van der Waals surface area contributed by atoms with Crippen molar-refractivity contribution in [2.24, 2.45) is 0 Å². The first-order valence-corrected chi connectivity index (χ1v) is 9.21. The molecule has 0 bridgehead atoms. The number of aldehydes is 1. The second-order valence-corrected chi connectivity index (χ2v) is 7.34. The van der Waals surface area contributed by atoms with Crippen molar-refractivity contribution in [1.29, 1.82) is 0 Å². The summed E-state index contributed by atoms with van der Waals surface area (Å²) in [7, 11) is 0. The molecular formula is C19H20N2OS. The highest BCUT2D eigenvalue weighted by Gasteiger charge is 2.21. The smallest absolute Gasteiger partial charge is 0.150 e. The van der Waals surface area contributed by atoms with E-state index in [0.717, 1.165) is 24.0 Å². The normalized spacial score (nSPS) is 16.0. The summed E-state index contributed by atoms with van der Waals surface area (Å²) in [4.78, 5) is 17.3. The van der Waals surface area contributed by atoms with E-state index in [1.807, 2.05) is 12.1 Å². The Kier molecular flexibility index (Phi) is 4.00. The van der Waals surface area contributed by atoms with Crippen LogP contribution in [-0.4, -0.2) is 15.8 Å². The predicted octanol–water partition coefficient (Wildman–Crippen LogP) is 5.01. The minimum atomic E-state index is 0.547. The van der Waals surface area contributed by atoms with Crippen molar-refractivity contribution in [2.45, 2.75) is 44.6 Å². The van der Waals surface area contributed by atoms with Crippen molar-refractivity contribution in [2.75, 3.05) is 0 Å². The average molecular weight is 324 g/mol. The standard InChI is InChI=1S/C19H20N2OS/c22-13-14-8-9-18-17(11-14)20-19(12-16-7-4-10-23-16)21(18)15-5-2-1-3-6-15/h4,7-11,13,15H,1-3,5-6,12H2. The van der Waals surface area contributed by atoms with Crippen molar-refractivity contribution >= 4 is 28.7 Å². The summed E-state index contributed by atoms with van der Waals surface area (Å²) in [5.41, 5.74) is 2.83. The van der Waals surface area contributed by atoms with Gasteiger partial charge in [0.25, 0.3) is 0 Å². The molecule has 0 aliphatic heterocycles. The van der Waals surface area contributed by atoms with E-state index in [4.69, 9.17) is 4.98 Å². The molecule has 4 heteroatoms. The maximum atomic E-state index is 11.1. The maximum absolute atomic E-state index is 11.1. The molecule has 1 aliphatic rings. The SMILES string of the molecule is O=Cc1ccc2c(c1)nc(Cc1cccs1)n2C1CCCCC1. The molecule has 0 atom stereocenters. The third-order valence-electron chi connectivity index (χ3n) is 4.77. The van der Waals surface area contributed by atoms with Gasteiger partial charge in [0.05, 0.1) is 11.0 Å². The van der Waals surface area contributed by atoms with E-state index in [9.17, 15) is 4.79 Å². The zero-order valence-electron chi connectivity index (χ0n) is 13.1. The quantitative estimate of drug-likeness (QED) is 0.633. The van der Waals surface area contributed by atoms with Gasteiger partial charge in [-0.15, -0.1) is 11.3 Å². The van der Waals surface area contributed by atoms with Crippen LogP contribution in [0.5, 0.6) is 0 Å². The van der Waals surface area contributed by atoms with Crippen LogP contribution in [0.2, 0.25) is 0 Å². The summed E-state index contributed by atoms with van der Waals surface area (Å²) < 4.78 is 2.45. The fourth-order valence-electron chi connectivity index (χ4n) is 3.68. The number of nitrogens with zero attached hydrogens (tertiary/aromatic N) is 2. The lowest BCUT2D eigenvalue weighted by atomic mass is 9.95. The molecular weight excluding hydrogens is 304 g/mol. The third-order valence-corrected chi connectivity index (χ3v) is 5.65. The van der Waals surface area contributed by atoms with E-state index in [-0.39, 0.29) is 0 Å². The molecule has 0 unspecified atom stereocenters. The zero-order chi connectivity index (χ0) is 15.6. The number of imidazole rings is 1. The molecule has 23 heavy (non-hydrogen) atoms. The highest BCUT2D eigenvalue weighted by molar-refractivity contribution is 7.09. The van der Waals surface area contributed by atoms with Crippen LogP contribution in [0.15, 0.2) is 35.7 Å². The van der Waals surface area contributed by atoms with Crippen LogP contribution in [0.4, 0.5) is 0 Å². The molecule has 0 saturated heterocycles. The number of hydrogen-bond donors (Lipinski definition) is 0. The summed E-state index contributed by atoms with van der Waals surface area (Å²) in [6, 6.07) is 10.7. The molecule has 0 spiro atoms. The van der Waals surface area contributed by atoms with E-state index in [1.54, 1.807) is 11.3 Å². The molecule has 2 aromatic heterocycles. The zero-order valence-corrected chi connectivity index (χ0v) is 13.9. The number of aromatic nitrogens is 2. The van der Waals surface area contributed by atoms with E-state index in [1.165, 1.54) is 42.5 Å². The van der Waals surface area contributed by atoms with Crippen molar-refractivity contribution in [1.82, 2.24) is 9.55 Å². The van der Waals surface area contributed by atoms with Gasteiger partial charge in [0.1, 0.15) is 12.1 Å². The second-order valence-electron chi connectivity index (χ2n) is 6.31. The van der Waals surface area contributed by atoms with Gasteiger partial charge in [-0.25, -0.2) is 4.98 Å². The summed E-state index contributed by atoms with van der Waals surface area (Å²) in [5, 5.41) is 2.12. The molecule has 0 amide bonds. The van der Waals surface area contributed by atoms with Crippen LogP contribution < -0.4 is 0 Å². The Balaban J connectivity index is 1.82. The van der Waals surface area contributed by atoms with Gasteiger partial charge in [0.15, 0.2) is 0 Å². The van der Waals surface area contributed by atoms with Crippen molar-refractivity contribution < 1.29 is 4.79 Å². The molecule has 4 rings (SSSR count). The molecule has 1 aromatic carbocycles. The van der Waals surface area contributed by atoms with Crippen LogP contribution in [0.25, 0.3) is 11.0 Å². The number of rotatable bonds is 4. The van der Waals surface area contributed by atoms with Crippen molar-refractivity contribution in [3.63, 3.8) is 0 Å². The van der Waals surface area contributed by atoms with Gasteiger partial charge in [-0.1, -0.05) is 25.3 Å². The van der Waals surface area contributed by atoms with Gasteiger partial charge in [-0.05, 0) is 42.5 Å². The van der Waals surface area contributed by atoms with Gasteiger partial charge >= 0.3 is 0 Å². The van der Waals surface area contributed by atoms with Gasteiger partial charge in [-0.3, -0.25) is 4.79 Å². The molecule has 3 nitrogen and oxygen atoms in total. The minimum Gasteiger partial charge on any atom is -0.325 e. The number of benzene rings is 1. The minimum absolute atomic E-state index is 0.547. The first-order valence-electron chi connectivity index (χ1n) is 8.33. The molecule has 3 aromatic rings. The monoisotopic (exact) mass is 324 g/mol. The molecule has 0 radical (unpaired) electrons. The largest absolute Gasteiger partial charge is 0.325 e. The number of hydrogen-bond acceptors (Lipinski definition) is 3. The van der Waals surface area contributed by atoms with Crippen molar-refractivity contribution in [3.8, 4) is 0 Å². The van der Waals surface area contributed by atoms with E-state index in [0.29, 0.717) is 11.6 Å². The second kappa shape index (κ2) is 6.28. The Morgan fingerprint density at radius 1 is 1.22 bits per heavy atom. The Morgan fingerprint density at radius 3 is 2.83 bits per heavy atom. The Hall–Kier alpha value is -1.94. The fourth-order valence-corrected chi connectivity index (χ4v) is 4.38. The molecule has 1 fully saturated rings.